The van der Waals surface area contributed by atoms with Crippen LogP contribution in [0.15, 0.2) is 42.5 Å². The number of rotatable bonds is 1. The van der Waals surface area contributed by atoms with Crippen molar-refractivity contribution in [1.82, 2.24) is 0 Å². The highest BCUT2D eigenvalue weighted by Gasteiger charge is 2.29. The fourth-order valence-electron chi connectivity index (χ4n) is 2.48. The molecule has 0 N–H and O–H groups in total. The zero-order valence-corrected chi connectivity index (χ0v) is 10.9. The SMILES string of the molecule is CC(C)c1ccc2c(c1)C(=O)c1ccccc1C2=O. The molecule has 0 unspecified atom stereocenters. The van der Waals surface area contributed by atoms with Gasteiger partial charge in [0, 0.05) is 22.3 Å². The molecule has 2 aromatic rings. The molecular formula is C17H14O2. The lowest BCUT2D eigenvalue weighted by Crippen LogP contribution is -2.21. The van der Waals surface area contributed by atoms with Gasteiger partial charge in [-0.05, 0) is 17.5 Å². The Kier molecular flexibility index (Phi) is 2.59. The van der Waals surface area contributed by atoms with E-state index in [0.717, 1.165) is 5.56 Å². The maximum atomic E-state index is 12.5. The van der Waals surface area contributed by atoms with Crippen LogP contribution in [0.1, 0.15) is 57.2 Å². The van der Waals surface area contributed by atoms with Crippen LogP contribution >= 0.6 is 0 Å². The summed E-state index contributed by atoms with van der Waals surface area (Å²) >= 11 is 0. The smallest absolute Gasteiger partial charge is 0.194 e. The Bertz CT molecular complexity index is 696. The van der Waals surface area contributed by atoms with E-state index in [1.165, 1.54) is 0 Å². The van der Waals surface area contributed by atoms with E-state index in [4.69, 9.17) is 0 Å². The van der Waals surface area contributed by atoms with Crippen molar-refractivity contribution in [3.05, 3.63) is 70.3 Å². The molecule has 0 saturated heterocycles. The fraction of sp³-hybridized carbons (Fsp3) is 0.176. The third kappa shape index (κ3) is 1.72. The molecule has 0 aromatic heterocycles. The molecule has 2 nitrogen and oxygen atoms in total. The average molecular weight is 250 g/mol. The van der Waals surface area contributed by atoms with E-state index in [0.29, 0.717) is 28.2 Å². The Labute approximate surface area is 112 Å². The molecule has 1 aliphatic rings. The summed E-state index contributed by atoms with van der Waals surface area (Å²) in [6.07, 6.45) is 0. The molecule has 0 amide bonds. The lowest BCUT2D eigenvalue weighted by molar-refractivity contribution is 0.0979. The van der Waals surface area contributed by atoms with Crippen LogP contribution in [0.5, 0.6) is 0 Å². The molecule has 94 valence electrons. The number of hydrogen-bond acceptors (Lipinski definition) is 2. The standard InChI is InChI=1S/C17H14O2/c1-10(2)11-7-8-14-15(9-11)17(19)13-6-4-3-5-12(13)16(14)18/h3-10H,1-2H3. The lowest BCUT2D eigenvalue weighted by atomic mass is 9.82. The third-order valence-electron chi connectivity index (χ3n) is 3.62. The van der Waals surface area contributed by atoms with Gasteiger partial charge in [0.15, 0.2) is 11.6 Å². The quantitative estimate of drug-likeness (QED) is 0.661. The van der Waals surface area contributed by atoms with Gasteiger partial charge in [0.2, 0.25) is 0 Å². The minimum Gasteiger partial charge on any atom is -0.289 e. The van der Waals surface area contributed by atoms with Gasteiger partial charge in [0.25, 0.3) is 0 Å². The first-order chi connectivity index (χ1) is 9.09. The Morgan fingerprint density at radius 3 is 1.84 bits per heavy atom. The van der Waals surface area contributed by atoms with Gasteiger partial charge in [-0.25, -0.2) is 0 Å². The van der Waals surface area contributed by atoms with Crippen molar-refractivity contribution in [2.45, 2.75) is 19.8 Å². The molecule has 0 aliphatic heterocycles. The number of benzene rings is 2. The van der Waals surface area contributed by atoms with Crippen LogP contribution in [0, 0.1) is 0 Å². The van der Waals surface area contributed by atoms with Gasteiger partial charge in [0.05, 0.1) is 0 Å². The van der Waals surface area contributed by atoms with Crippen molar-refractivity contribution in [2.24, 2.45) is 0 Å². The number of carbonyl (C=O) groups excluding carboxylic acids is 2. The number of carbonyl (C=O) groups is 2. The highest BCUT2D eigenvalue weighted by atomic mass is 16.1. The highest BCUT2D eigenvalue weighted by Crippen LogP contribution is 2.29. The van der Waals surface area contributed by atoms with Crippen molar-refractivity contribution in [3.63, 3.8) is 0 Å². The van der Waals surface area contributed by atoms with Crippen LogP contribution < -0.4 is 0 Å². The summed E-state index contributed by atoms with van der Waals surface area (Å²) < 4.78 is 0. The second-order valence-electron chi connectivity index (χ2n) is 5.16. The largest absolute Gasteiger partial charge is 0.289 e. The molecule has 0 saturated carbocycles. The van der Waals surface area contributed by atoms with Crippen molar-refractivity contribution in [3.8, 4) is 0 Å². The summed E-state index contributed by atoms with van der Waals surface area (Å²) in [5.74, 6) is 0.235. The van der Waals surface area contributed by atoms with E-state index in [1.807, 2.05) is 12.1 Å². The van der Waals surface area contributed by atoms with Crippen molar-refractivity contribution < 1.29 is 9.59 Å². The molecule has 0 heterocycles. The summed E-state index contributed by atoms with van der Waals surface area (Å²) in [5.41, 5.74) is 3.17. The molecule has 1 aliphatic carbocycles. The summed E-state index contributed by atoms with van der Waals surface area (Å²) in [5, 5.41) is 0. The van der Waals surface area contributed by atoms with Crippen LogP contribution in [0.25, 0.3) is 0 Å². The van der Waals surface area contributed by atoms with Gasteiger partial charge in [0.1, 0.15) is 0 Å². The second kappa shape index (κ2) is 4.16. The van der Waals surface area contributed by atoms with Crippen LogP contribution in [-0.4, -0.2) is 11.6 Å². The Morgan fingerprint density at radius 2 is 1.26 bits per heavy atom. The maximum Gasteiger partial charge on any atom is 0.194 e. The summed E-state index contributed by atoms with van der Waals surface area (Å²) in [4.78, 5) is 24.9. The first-order valence-electron chi connectivity index (χ1n) is 6.42. The van der Waals surface area contributed by atoms with E-state index in [2.05, 4.69) is 13.8 Å². The van der Waals surface area contributed by atoms with E-state index in [1.54, 1.807) is 30.3 Å². The Balaban J connectivity index is 2.24. The van der Waals surface area contributed by atoms with E-state index in [9.17, 15) is 9.59 Å². The van der Waals surface area contributed by atoms with Gasteiger partial charge in [-0.15, -0.1) is 0 Å². The second-order valence-corrected chi connectivity index (χ2v) is 5.16. The molecule has 19 heavy (non-hydrogen) atoms. The Morgan fingerprint density at radius 1 is 0.737 bits per heavy atom. The number of fused-ring (bicyclic) bond motifs is 2. The van der Waals surface area contributed by atoms with Crippen molar-refractivity contribution in [2.75, 3.05) is 0 Å². The first kappa shape index (κ1) is 11.8. The first-order valence-corrected chi connectivity index (χ1v) is 6.42. The van der Waals surface area contributed by atoms with Gasteiger partial charge < -0.3 is 0 Å². The van der Waals surface area contributed by atoms with Gasteiger partial charge >= 0.3 is 0 Å². The zero-order chi connectivity index (χ0) is 13.6. The molecule has 0 radical (unpaired) electrons. The topological polar surface area (TPSA) is 34.1 Å². The van der Waals surface area contributed by atoms with Crippen molar-refractivity contribution in [1.29, 1.82) is 0 Å². The lowest BCUT2D eigenvalue weighted by Gasteiger charge is -2.18. The number of ketones is 2. The van der Waals surface area contributed by atoms with Crippen LogP contribution in [0.3, 0.4) is 0 Å². The number of hydrogen-bond donors (Lipinski definition) is 0. The van der Waals surface area contributed by atoms with Crippen molar-refractivity contribution >= 4 is 11.6 Å². The van der Waals surface area contributed by atoms with E-state index < -0.39 is 0 Å². The molecule has 2 aromatic carbocycles. The van der Waals surface area contributed by atoms with Crippen LogP contribution in [0.4, 0.5) is 0 Å². The van der Waals surface area contributed by atoms with E-state index in [-0.39, 0.29) is 11.6 Å². The average Bonchev–Trinajstić information content (AvgIpc) is 2.44. The minimum absolute atomic E-state index is 0.0484. The maximum absolute atomic E-state index is 12.5. The highest BCUT2D eigenvalue weighted by molar-refractivity contribution is 6.28. The normalized spacial score (nSPS) is 13.4. The molecule has 0 spiro atoms. The summed E-state index contributed by atoms with van der Waals surface area (Å²) in [6.45, 7) is 4.15. The zero-order valence-electron chi connectivity index (χ0n) is 10.9. The monoisotopic (exact) mass is 250 g/mol. The molecule has 0 atom stereocenters. The summed E-state index contributed by atoms with van der Waals surface area (Å²) in [6, 6.07) is 12.6. The minimum atomic E-state index is -0.0551. The van der Waals surface area contributed by atoms with Gasteiger partial charge in [-0.2, -0.15) is 0 Å². The molecule has 0 fully saturated rings. The molecular weight excluding hydrogens is 236 g/mol. The fourth-order valence-corrected chi connectivity index (χ4v) is 2.48. The van der Waals surface area contributed by atoms with Crippen LogP contribution in [-0.2, 0) is 0 Å². The van der Waals surface area contributed by atoms with Gasteiger partial charge in [-0.1, -0.05) is 50.2 Å². The summed E-state index contributed by atoms with van der Waals surface area (Å²) in [7, 11) is 0. The predicted molar refractivity (Wildman–Crippen MR) is 73.8 cm³/mol. The molecule has 0 bridgehead atoms. The van der Waals surface area contributed by atoms with E-state index >= 15 is 0 Å². The van der Waals surface area contributed by atoms with Crippen LogP contribution in [0.2, 0.25) is 0 Å². The molecule has 3 rings (SSSR count). The molecule has 2 heteroatoms. The van der Waals surface area contributed by atoms with Gasteiger partial charge in [-0.3, -0.25) is 9.59 Å². The Hall–Kier alpha value is -2.22. The third-order valence-corrected chi connectivity index (χ3v) is 3.62. The predicted octanol–water partition coefficient (Wildman–Crippen LogP) is 3.59.